The van der Waals surface area contributed by atoms with Crippen LogP contribution in [-0.4, -0.2) is 11.9 Å². The smallest absolute Gasteiger partial charge is 0.344 e. The molecule has 0 spiro atoms. The fourth-order valence-corrected chi connectivity index (χ4v) is 5.74. The molecule has 0 radical (unpaired) electrons. The summed E-state index contributed by atoms with van der Waals surface area (Å²) in [7, 11) is 0. The lowest BCUT2D eigenvalue weighted by Crippen LogP contribution is -2.22. The van der Waals surface area contributed by atoms with Crippen LogP contribution in [0.1, 0.15) is 20.7 Å². The normalized spacial score (nSPS) is 10.6. The fraction of sp³-hybridized carbons (Fsp3) is 0. The summed E-state index contributed by atoms with van der Waals surface area (Å²) in [5, 5.41) is 0. The van der Waals surface area contributed by atoms with Crippen LogP contribution in [0.2, 0.25) is 0 Å². The summed E-state index contributed by atoms with van der Waals surface area (Å²) in [6.07, 6.45) is 0. The molecule has 0 N–H and O–H groups in total. The Morgan fingerprint density at radius 3 is 0.840 bits per heavy atom. The average Bonchev–Trinajstić information content (AvgIpc) is 3.18. The van der Waals surface area contributed by atoms with Crippen molar-refractivity contribution in [2.75, 3.05) is 9.80 Å². The Morgan fingerprint density at radius 1 is 0.340 bits per heavy atom. The number of carbonyl (C=O) groups is 2. The van der Waals surface area contributed by atoms with Gasteiger partial charge in [-0.25, -0.2) is 9.59 Å². The molecule has 0 aliphatic carbocycles. The maximum absolute atomic E-state index is 14.2. The van der Waals surface area contributed by atoms with Crippen molar-refractivity contribution in [3.63, 3.8) is 0 Å². The molecule has 6 nitrogen and oxygen atoms in total. The zero-order valence-electron chi connectivity index (χ0n) is 27.0. The first-order valence-electron chi connectivity index (χ1n) is 16.2. The minimum absolute atomic E-state index is 0.0477. The molecule has 0 saturated heterocycles. The van der Waals surface area contributed by atoms with E-state index in [1.165, 1.54) is 0 Å². The number of benzene rings is 7. The second-order valence-electron chi connectivity index (χ2n) is 11.3. The Hall–Kier alpha value is -6.92. The van der Waals surface area contributed by atoms with E-state index in [0.717, 1.165) is 22.7 Å². The highest BCUT2D eigenvalue weighted by atomic mass is 16.5. The second kappa shape index (κ2) is 14.9. The van der Waals surface area contributed by atoms with Crippen LogP contribution in [0.15, 0.2) is 194 Å². The van der Waals surface area contributed by atoms with E-state index in [0.29, 0.717) is 22.9 Å². The number of carbonyl (C=O) groups excluding carboxylic acids is 2. The molecule has 50 heavy (non-hydrogen) atoms. The van der Waals surface area contributed by atoms with Gasteiger partial charge in [-0.2, -0.15) is 0 Å². The topological polar surface area (TPSA) is 59.1 Å². The zero-order chi connectivity index (χ0) is 34.1. The monoisotopic (exact) mass is 652 g/mol. The van der Waals surface area contributed by atoms with Gasteiger partial charge in [0.05, 0.1) is 22.5 Å². The van der Waals surface area contributed by atoms with E-state index in [9.17, 15) is 9.59 Å². The quantitative estimate of drug-likeness (QED) is 0.108. The Morgan fingerprint density at radius 2 is 0.580 bits per heavy atom. The number of rotatable bonds is 10. The Labute approximate surface area is 291 Å². The molecule has 7 rings (SSSR count). The largest absolute Gasteiger partial charge is 0.423 e. The molecule has 0 aliphatic heterocycles. The van der Waals surface area contributed by atoms with Crippen molar-refractivity contribution >= 4 is 46.1 Å². The van der Waals surface area contributed by atoms with Gasteiger partial charge in [0.15, 0.2) is 0 Å². The van der Waals surface area contributed by atoms with Crippen LogP contribution in [0.3, 0.4) is 0 Å². The third-order valence-electron chi connectivity index (χ3n) is 8.00. The molecular weight excluding hydrogens is 620 g/mol. The molecule has 0 bridgehead atoms. The van der Waals surface area contributed by atoms with E-state index in [2.05, 4.69) is 9.80 Å². The Balaban J connectivity index is 1.53. The molecule has 0 unspecified atom stereocenters. The van der Waals surface area contributed by atoms with Gasteiger partial charge in [-0.05, 0) is 84.9 Å². The predicted octanol–water partition coefficient (Wildman–Crippen LogP) is 11.1. The molecule has 0 aliphatic rings. The van der Waals surface area contributed by atoms with Crippen molar-refractivity contribution in [2.45, 2.75) is 0 Å². The molecule has 0 atom stereocenters. The van der Waals surface area contributed by atoms with E-state index in [1.807, 2.05) is 133 Å². The molecule has 6 heteroatoms. The number of para-hydroxylation sites is 6. The van der Waals surface area contributed by atoms with Crippen LogP contribution in [0.5, 0.6) is 11.5 Å². The molecule has 0 heterocycles. The fourth-order valence-electron chi connectivity index (χ4n) is 5.74. The summed E-state index contributed by atoms with van der Waals surface area (Å²) in [6.45, 7) is 0. The van der Waals surface area contributed by atoms with Crippen molar-refractivity contribution in [1.82, 2.24) is 0 Å². The zero-order valence-corrected chi connectivity index (χ0v) is 27.0. The molecule has 7 aromatic carbocycles. The third-order valence-corrected chi connectivity index (χ3v) is 8.00. The first-order valence-corrected chi connectivity index (χ1v) is 16.2. The standard InChI is InChI=1S/C44H32N2O4/c47-43(49-37-27-15-5-16-28-37)39-31-41(45(33-19-7-1-8-20-33)34-21-9-2-10-22-34)42(32-40(39)44(48)50-38-29-17-6-18-30-38)46(35-23-11-3-12-24-35)36-25-13-4-14-26-36/h1-32H. The number of ether oxygens (including phenoxy) is 2. The molecule has 0 aromatic heterocycles. The van der Waals surface area contributed by atoms with Crippen LogP contribution in [0.25, 0.3) is 0 Å². The first-order chi connectivity index (χ1) is 24.7. The van der Waals surface area contributed by atoms with E-state index in [4.69, 9.17) is 9.47 Å². The number of anilines is 6. The van der Waals surface area contributed by atoms with Crippen LogP contribution in [0, 0.1) is 0 Å². The van der Waals surface area contributed by atoms with Crippen LogP contribution in [0.4, 0.5) is 34.1 Å². The Bertz CT molecular complexity index is 1940. The molecule has 0 amide bonds. The molecular formula is C44H32N2O4. The predicted molar refractivity (Wildman–Crippen MR) is 199 cm³/mol. The maximum Gasteiger partial charge on any atom is 0.344 e. The van der Waals surface area contributed by atoms with Gasteiger partial charge in [-0.15, -0.1) is 0 Å². The van der Waals surface area contributed by atoms with E-state index >= 15 is 0 Å². The second-order valence-corrected chi connectivity index (χ2v) is 11.3. The summed E-state index contributed by atoms with van der Waals surface area (Å²) < 4.78 is 11.8. The molecule has 0 fully saturated rings. The van der Waals surface area contributed by atoms with E-state index in [-0.39, 0.29) is 11.1 Å². The van der Waals surface area contributed by atoms with Crippen LogP contribution >= 0.6 is 0 Å². The third kappa shape index (κ3) is 7.00. The minimum atomic E-state index is -0.698. The van der Waals surface area contributed by atoms with Gasteiger partial charge in [-0.1, -0.05) is 109 Å². The summed E-state index contributed by atoms with van der Waals surface area (Å²) in [4.78, 5) is 32.5. The van der Waals surface area contributed by atoms with Gasteiger partial charge in [-0.3, -0.25) is 0 Å². The van der Waals surface area contributed by atoms with Crippen molar-refractivity contribution in [3.8, 4) is 11.5 Å². The lowest BCUT2D eigenvalue weighted by atomic mass is 10.0. The van der Waals surface area contributed by atoms with Crippen molar-refractivity contribution in [3.05, 3.63) is 205 Å². The highest BCUT2D eigenvalue weighted by molar-refractivity contribution is 6.08. The van der Waals surface area contributed by atoms with Gasteiger partial charge in [0.25, 0.3) is 0 Å². The Kier molecular flexibility index (Phi) is 9.42. The number of hydrogen-bond acceptors (Lipinski definition) is 6. The summed E-state index contributed by atoms with van der Waals surface area (Å²) >= 11 is 0. The maximum atomic E-state index is 14.2. The van der Waals surface area contributed by atoms with Gasteiger partial charge in [0.2, 0.25) is 0 Å². The summed E-state index contributed by atoms with van der Waals surface area (Å²) in [6, 6.07) is 60.6. The lowest BCUT2D eigenvalue weighted by molar-refractivity contribution is 0.0692. The van der Waals surface area contributed by atoms with E-state index in [1.54, 1.807) is 60.7 Å². The van der Waals surface area contributed by atoms with Gasteiger partial charge in [0, 0.05) is 22.7 Å². The highest BCUT2D eigenvalue weighted by Gasteiger charge is 2.30. The molecule has 7 aromatic rings. The number of hydrogen-bond donors (Lipinski definition) is 0. The lowest BCUT2D eigenvalue weighted by Gasteiger charge is -2.34. The van der Waals surface area contributed by atoms with Crippen LogP contribution in [-0.2, 0) is 0 Å². The van der Waals surface area contributed by atoms with Crippen LogP contribution < -0.4 is 19.3 Å². The van der Waals surface area contributed by atoms with Gasteiger partial charge < -0.3 is 19.3 Å². The van der Waals surface area contributed by atoms with Crippen molar-refractivity contribution in [2.24, 2.45) is 0 Å². The summed E-state index contributed by atoms with van der Waals surface area (Å²) in [5.41, 5.74) is 4.76. The number of esters is 2. The molecule has 0 saturated carbocycles. The average molecular weight is 653 g/mol. The first kappa shape index (κ1) is 31.7. The SMILES string of the molecule is O=C(Oc1ccccc1)c1cc(N(c2ccccc2)c2ccccc2)c(N(c2ccccc2)c2ccccc2)cc1C(=O)Oc1ccccc1. The van der Waals surface area contributed by atoms with Crippen molar-refractivity contribution < 1.29 is 19.1 Å². The van der Waals surface area contributed by atoms with Gasteiger partial charge in [0.1, 0.15) is 11.5 Å². The van der Waals surface area contributed by atoms with Gasteiger partial charge >= 0.3 is 11.9 Å². The summed E-state index contributed by atoms with van der Waals surface area (Å²) in [5.74, 6) is -0.695. The van der Waals surface area contributed by atoms with Crippen molar-refractivity contribution in [1.29, 1.82) is 0 Å². The number of nitrogens with zero attached hydrogens (tertiary/aromatic N) is 2. The molecule has 242 valence electrons. The minimum Gasteiger partial charge on any atom is -0.423 e. The van der Waals surface area contributed by atoms with E-state index < -0.39 is 11.9 Å². The highest BCUT2D eigenvalue weighted by Crippen LogP contribution is 2.47.